The Hall–Kier alpha value is -16.2. The maximum absolute atomic E-state index is 12.2. The van der Waals surface area contributed by atoms with E-state index in [1.165, 1.54) is 45.0 Å². The Morgan fingerprint density at radius 3 is 0.986 bits per heavy atom. The number of imidazole rings is 4. The molecule has 144 heavy (non-hydrogen) atoms. The van der Waals surface area contributed by atoms with E-state index in [-0.39, 0.29) is 67.5 Å². The van der Waals surface area contributed by atoms with Gasteiger partial charge in [-0.25, -0.2) is 24.9 Å². The van der Waals surface area contributed by atoms with Gasteiger partial charge in [-0.05, 0) is 243 Å². The van der Waals surface area contributed by atoms with Crippen LogP contribution in [-0.2, 0) is 9.31 Å². The Morgan fingerprint density at radius 1 is 0.319 bits per heavy atom. The maximum atomic E-state index is 12.2. The summed E-state index contributed by atoms with van der Waals surface area (Å²) in [4.78, 5) is 36.1. The number of H-pyrrole nitrogens is 1. The maximum Gasteiger partial charge on any atom is 1.00 e. The molecule has 0 aliphatic carbocycles. The molecule has 0 spiro atoms. The molecule has 8 aromatic heterocycles. The molecule has 9 heterocycles. The van der Waals surface area contributed by atoms with Crippen molar-refractivity contribution in [3.63, 3.8) is 0 Å². The van der Waals surface area contributed by atoms with Crippen molar-refractivity contribution in [2.45, 2.75) is 79.4 Å². The molecular weight excluding hydrogens is 1760 g/mol. The van der Waals surface area contributed by atoms with Crippen molar-refractivity contribution in [2.24, 2.45) is 0 Å². The van der Waals surface area contributed by atoms with E-state index in [4.69, 9.17) is 29.2 Å². The average Bonchev–Trinajstić information content (AvgIpc) is 1.61. The molecule has 25 rings (SSSR count). The summed E-state index contributed by atoms with van der Waals surface area (Å²) in [6, 6.07) is 140. The van der Waals surface area contributed by atoms with Gasteiger partial charge in [0, 0.05) is 85.8 Å². The Labute approximate surface area is 862 Å². The van der Waals surface area contributed by atoms with Crippen LogP contribution in [0.5, 0.6) is 11.5 Å². The number of hydrogen-bond donors (Lipinski definition) is 1. The predicted octanol–water partition coefficient (Wildman–Crippen LogP) is 22.7. The van der Waals surface area contributed by atoms with Gasteiger partial charge < -0.3 is 26.4 Å². The molecule has 1 fully saturated rings. The first-order valence-electron chi connectivity index (χ1n) is 48.0. The molecule has 24 aromatic rings. The van der Waals surface area contributed by atoms with Crippen LogP contribution in [0.2, 0.25) is 0 Å². The van der Waals surface area contributed by atoms with Crippen molar-refractivity contribution in [3.05, 3.63) is 461 Å². The number of aromatic amines is 1. The van der Waals surface area contributed by atoms with Crippen molar-refractivity contribution in [1.82, 2.24) is 53.2 Å². The quantitative estimate of drug-likeness (QED) is 0.0855. The van der Waals surface area contributed by atoms with Gasteiger partial charge in [0.1, 0.15) is 34.6 Å². The van der Waals surface area contributed by atoms with Crippen LogP contribution in [0, 0.1) is 27.7 Å². The Bertz CT molecular complexity index is 7990. The van der Waals surface area contributed by atoms with E-state index < -0.39 is 0 Å². The molecule has 0 bridgehead atoms. The topological polar surface area (TPSA) is 186 Å². The van der Waals surface area contributed by atoms with Crippen molar-refractivity contribution in [3.8, 4) is 113 Å². The van der Waals surface area contributed by atoms with E-state index in [2.05, 4.69) is 355 Å². The van der Waals surface area contributed by atoms with Crippen LogP contribution < -0.4 is 53.3 Å². The van der Waals surface area contributed by atoms with Gasteiger partial charge in [-0.15, -0.1) is 0 Å². The number of aromatic nitrogens is 12. The number of hydrogen-bond acceptors (Lipinski definition) is 11. The Morgan fingerprint density at radius 2 is 0.611 bits per heavy atom. The van der Waals surface area contributed by atoms with Gasteiger partial charge in [-0.1, -0.05) is 286 Å². The summed E-state index contributed by atoms with van der Waals surface area (Å²) in [5.41, 5.74) is 30.8. The van der Waals surface area contributed by atoms with Gasteiger partial charge in [-0.2, -0.15) is 6.42 Å². The monoisotopic (exact) mass is 1860 g/mol. The smallest absolute Gasteiger partial charge is 0.868 e. The molecule has 1 saturated heterocycles. The van der Waals surface area contributed by atoms with E-state index in [1.54, 1.807) is 24.5 Å². The molecule has 16 nitrogen and oxygen atoms in total. The summed E-state index contributed by atoms with van der Waals surface area (Å²) in [5, 5.41) is 26.7. The third-order valence-corrected chi connectivity index (χ3v) is 26.4. The summed E-state index contributed by atoms with van der Waals surface area (Å²) in [5.74, 6) is 3.86. The third-order valence-electron chi connectivity index (χ3n) is 26.4. The number of nitrogens with one attached hydrogen (secondary N) is 1. The number of aryl methyl sites for hydroxylation is 3. The molecule has 0 amide bonds. The minimum atomic E-state index is -0.364. The molecule has 0 unspecified atom stereocenters. The van der Waals surface area contributed by atoms with Crippen molar-refractivity contribution in [2.75, 3.05) is 0 Å². The molecule has 19 heteroatoms. The summed E-state index contributed by atoms with van der Waals surface area (Å²) < 4.78 is 21.2. The predicted molar refractivity (Wildman–Crippen MR) is 580 cm³/mol. The average molecular weight is 1860 g/mol. The van der Waals surface area contributed by atoms with Crippen molar-refractivity contribution in [1.29, 1.82) is 0 Å². The summed E-state index contributed by atoms with van der Waals surface area (Å²) in [6.07, 6.45) is 9.46. The zero-order valence-corrected chi connectivity index (χ0v) is 82.4. The van der Waals surface area contributed by atoms with Gasteiger partial charge >= 0.3 is 44.8 Å². The zero-order valence-electron chi connectivity index (χ0n) is 82.4. The normalized spacial score (nSPS) is 12.2. The van der Waals surface area contributed by atoms with Gasteiger partial charge in [0.15, 0.2) is 6.20 Å². The van der Waals surface area contributed by atoms with Crippen LogP contribution in [0.15, 0.2) is 437 Å². The number of phenols is 1. The molecule has 692 valence electrons. The molecule has 16 aromatic carbocycles. The Kier molecular flexibility index (Phi) is 29.6. The first-order valence-corrected chi connectivity index (χ1v) is 48.0. The number of pyridine rings is 4. The fourth-order valence-electron chi connectivity index (χ4n) is 18.3. The first kappa shape index (κ1) is 98.0. The van der Waals surface area contributed by atoms with E-state index in [9.17, 15) is 10.2 Å². The fraction of sp³-hybridized carbons (Fsp3) is 0.0960. The summed E-state index contributed by atoms with van der Waals surface area (Å²) in [7, 11) is -0.364. The fourth-order valence-corrected chi connectivity index (χ4v) is 18.3. The zero-order chi connectivity index (χ0) is 97.4. The van der Waals surface area contributed by atoms with Crippen molar-refractivity contribution < 1.29 is 62.2 Å². The number of phenolic OH excluding ortho intramolecular Hbond substituents is 1. The van der Waals surface area contributed by atoms with Crippen LogP contribution in [0.25, 0.3) is 189 Å². The third kappa shape index (κ3) is 20.2. The Balaban J connectivity index is 0.000000119. The van der Waals surface area contributed by atoms with Gasteiger partial charge in [-0.3, -0.25) is 33.2 Å². The summed E-state index contributed by atoms with van der Waals surface area (Å²) in [6.45, 7) is 20.3. The number of aromatic hydroxyl groups is 1. The number of nitrogens with zero attached hydrogens (tertiary/aromatic N) is 11. The molecular formula is C125H104BLi2N12O4+. The minimum Gasteiger partial charge on any atom is -0.868 e. The van der Waals surface area contributed by atoms with Crippen LogP contribution in [0.1, 0.15) is 64.2 Å². The van der Waals surface area contributed by atoms with Crippen molar-refractivity contribution >= 4 is 100 Å². The van der Waals surface area contributed by atoms with Crippen LogP contribution in [-0.4, -0.2) is 76.6 Å². The molecule has 0 saturated carbocycles. The number of para-hydroxylation sites is 12. The van der Waals surface area contributed by atoms with Gasteiger partial charge in [0.05, 0.1) is 71.8 Å². The van der Waals surface area contributed by atoms with E-state index in [0.29, 0.717) is 11.0 Å². The van der Waals surface area contributed by atoms with Gasteiger partial charge in [0.2, 0.25) is 5.52 Å². The molecule has 1 aliphatic heterocycles. The van der Waals surface area contributed by atoms with E-state index >= 15 is 0 Å². The molecule has 0 radical (unpaired) electrons. The summed E-state index contributed by atoms with van der Waals surface area (Å²) >= 11 is 0. The molecule has 2 N–H and O–H groups in total. The number of benzene rings is 16. The largest absolute Gasteiger partial charge is 1.00 e. The van der Waals surface area contributed by atoms with Gasteiger partial charge in [0.25, 0.3) is 0 Å². The van der Waals surface area contributed by atoms with Crippen LogP contribution in [0.4, 0.5) is 0 Å². The molecule has 1 aliphatic rings. The van der Waals surface area contributed by atoms with Crippen LogP contribution >= 0.6 is 0 Å². The second-order valence-electron chi connectivity index (χ2n) is 36.2. The first-order chi connectivity index (χ1) is 69.4. The minimum absolute atomic E-state index is 0. The number of unbranched alkanes of at least 4 members (excludes halogenated alkanes) is 1. The molecule has 0 atom stereocenters. The van der Waals surface area contributed by atoms with E-state index in [0.717, 1.165) is 168 Å². The standard InChI is InChI=1S/C29H21N3.2C28H19N3O.C25H25BN2O2.C11H11N.C4H9.2Li/c1-20-13-18-24(25-10-7-19-30-28(20)25)21-14-16-22(17-15-21)29-31-26-11-5-6-12-27(26)32(29)23-8-3-2-4-9-23;2*32-26-17-16-22(23-9-6-18-29-27(23)26)19-12-14-20(15-13-19)28-30-24-10-4-5-11-25(24)31(28)21-7-2-1-3-8-21;1-24(2)25(3,4)30-26(29-24)19-16-14-18(15-17-19)23-27-21-12-8-9-13-22(21)28(23)20-10-6-5-7-11-20;1-8-5-6-9(2)11-10(8)4-3-7-12-11;1-3-4-2;;/h2-19H,1H3;2*1-18,32H;5-17H,1-4H3;3-7H,1-2H3;1,3-4H2,2H3;;/q;;;;;-1;2*+1. The second kappa shape index (κ2) is 43.5. The second-order valence-corrected chi connectivity index (χ2v) is 36.2. The number of rotatable bonds is 13. The van der Waals surface area contributed by atoms with Crippen LogP contribution in [0.3, 0.4) is 0 Å². The number of fused-ring (bicyclic) bond motifs is 8. The SMILES string of the molecule is CC1(C)OB(c2ccc(-c3nc4ccccc4n3-c3ccccc3)cc2)OC1(C)C.Cc1ccc(-c2ccc(-c3nc4ccccc4n3-c3ccccc3)cc2)c2cccnc12.Cc1ccc(C)c2ncccc12.Oc1ccc(-c2ccc(-c3nc4ccccc4n3-c3ccccc3)cc2)c2cccnc12.[CH2-]CCC.[Li+].[Li+].[O-]c1ccc(-c2ccc(-c3nc4ccccc4n3-c3ccccc3)cc2)c2ccc[nH+]c12. The van der Waals surface area contributed by atoms with E-state index in [1.807, 2.05) is 158 Å².